The molecule has 7 rings (SSSR count). The Hall–Kier alpha value is -2.87. The van der Waals surface area contributed by atoms with Crippen molar-refractivity contribution < 1.29 is 9.19 Å². The summed E-state index contributed by atoms with van der Waals surface area (Å²) in [5, 5.41) is 2.58. The zero-order valence-corrected chi connectivity index (χ0v) is 13.1. The molecular formula is C20H14B2N2. The van der Waals surface area contributed by atoms with Gasteiger partial charge in [-0.2, -0.15) is 21.9 Å². The maximum Gasteiger partial charge on any atom is 0.336 e. The molecule has 4 heterocycles. The second-order valence-electron chi connectivity index (χ2n) is 6.71. The van der Waals surface area contributed by atoms with Crippen molar-refractivity contribution in [1.82, 2.24) is 0 Å². The first kappa shape index (κ1) is 12.5. The molecule has 0 spiro atoms. The summed E-state index contributed by atoms with van der Waals surface area (Å²) in [4.78, 5) is 0. The van der Waals surface area contributed by atoms with Gasteiger partial charge in [-0.05, 0) is 12.1 Å². The molecule has 0 amide bonds. The smallest absolute Gasteiger partial charge is 0.266 e. The molecule has 110 valence electrons. The molecule has 4 aromatic rings. The standard InChI is InChI=1S/C20H14B2N2/c1-2-8-16-14-24-22-19-11-5-3-9-17(19)21(23(24)13-15(16)7-1)18-10-4-6-12-20(18)22/h1-14H. The van der Waals surface area contributed by atoms with E-state index in [1.165, 1.54) is 32.6 Å². The van der Waals surface area contributed by atoms with E-state index in [4.69, 9.17) is 0 Å². The molecule has 1 aromatic heterocycles. The predicted octanol–water partition coefficient (Wildman–Crippen LogP) is -0.650. The largest absolute Gasteiger partial charge is 0.336 e. The lowest BCUT2D eigenvalue weighted by molar-refractivity contribution is -1.13. The van der Waals surface area contributed by atoms with Gasteiger partial charge in [0.25, 0.3) is 0 Å². The van der Waals surface area contributed by atoms with Gasteiger partial charge in [0.15, 0.2) is 12.4 Å². The van der Waals surface area contributed by atoms with E-state index in [9.17, 15) is 0 Å². The Balaban J connectivity index is 1.76. The third-order valence-electron chi connectivity index (χ3n) is 5.50. The van der Waals surface area contributed by atoms with Crippen molar-refractivity contribution in [3.8, 4) is 0 Å². The van der Waals surface area contributed by atoms with Crippen LogP contribution in [0.3, 0.4) is 0 Å². The van der Waals surface area contributed by atoms with Crippen LogP contribution >= 0.6 is 0 Å². The molecule has 2 radical (unpaired) electrons. The minimum Gasteiger partial charge on any atom is -0.266 e. The zero-order valence-electron chi connectivity index (χ0n) is 13.1. The van der Waals surface area contributed by atoms with E-state index in [1.54, 1.807) is 0 Å². The van der Waals surface area contributed by atoms with Gasteiger partial charge in [0, 0.05) is 0 Å². The van der Waals surface area contributed by atoms with Gasteiger partial charge in [-0.3, -0.25) is 9.19 Å². The Labute approximate surface area is 141 Å². The molecule has 0 saturated heterocycles. The molecular weight excluding hydrogens is 290 g/mol. The lowest BCUT2D eigenvalue weighted by Crippen LogP contribution is -3.00. The number of hydrogen-bond donors (Lipinski definition) is 0. The van der Waals surface area contributed by atoms with Crippen LogP contribution < -0.4 is 31.0 Å². The number of nitrogens with zero attached hydrogens (tertiary/aromatic N) is 2. The van der Waals surface area contributed by atoms with Gasteiger partial charge in [0.2, 0.25) is 0 Å². The molecule has 4 heteroatoms. The minimum atomic E-state index is 0.256. The van der Waals surface area contributed by atoms with E-state index in [0.717, 1.165) is 0 Å². The summed E-state index contributed by atoms with van der Waals surface area (Å²) >= 11 is 0. The Kier molecular flexibility index (Phi) is 2.28. The topological polar surface area (TPSA) is 7.76 Å². The lowest BCUT2D eigenvalue weighted by atomic mass is 9.30. The molecule has 3 aromatic carbocycles. The molecule has 3 aliphatic heterocycles. The third-order valence-corrected chi connectivity index (χ3v) is 5.50. The van der Waals surface area contributed by atoms with E-state index >= 15 is 0 Å². The summed E-state index contributed by atoms with van der Waals surface area (Å²) in [5.74, 6) is 0. The molecule has 3 aliphatic rings. The van der Waals surface area contributed by atoms with Crippen LogP contribution in [0.15, 0.2) is 85.2 Å². The van der Waals surface area contributed by atoms with E-state index in [-0.39, 0.29) is 13.7 Å². The SMILES string of the molecule is c1ccc2c(c1)[B-]1c3ccccc3[B-]2[n+]2cc3ccccc3c[n+]21. The van der Waals surface area contributed by atoms with Crippen molar-refractivity contribution >= 4 is 46.3 Å². The van der Waals surface area contributed by atoms with E-state index < -0.39 is 0 Å². The minimum absolute atomic E-state index is 0.256. The molecule has 0 fully saturated rings. The second-order valence-corrected chi connectivity index (χ2v) is 6.71. The highest BCUT2D eigenvalue weighted by Crippen LogP contribution is 2.10. The van der Waals surface area contributed by atoms with E-state index in [1.807, 2.05) is 0 Å². The van der Waals surface area contributed by atoms with Crippen LogP contribution in [0.2, 0.25) is 0 Å². The maximum absolute atomic E-state index is 2.41. The summed E-state index contributed by atoms with van der Waals surface area (Å²) in [5.41, 5.74) is 5.73. The van der Waals surface area contributed by atoms with Crippen LogP contribution in [-0.4, -0.2) is 13.7 Å². The van der Waals surface area contributed by atoms with Crippen molar-refractivity contribution in [1.29, 1.82) is 0 Å². The zero-order chi connectivity index (χ0) is 15.7. The van der Waals surface area contributed by atoms with Crippen LogP contribution in [-0.2, 0) is 0 Å². The third kappa shape index (κ3) is 1.44. The monoisotopic (exact) mass is 304 g/mol. The van der Waals surface area contributed by atoms with Crippen molar-refractivity contribution in [2.24, 2.45) is 0 Å². The van der Waals surface area contributed by atoms with Gasteiger partial charge in [-0.25, -0.2) is 0 Å². The summed E-state index contributed by atoms with van der Waals surface area (Å²) < 4.78 is 4.83. The van der Waals surface area contributed by atoms with Crippen molar-refractivity contribution in [2.75, 3.05) is 0 Å². The molecule has 0 aliphatic carbocycles. The number of hydrogen-bond acceptors (Lipinski definition) is 0. The van der Waals surface area contributed by atoms with Gasteiger partial charge in [0.05, 0.1) is 10.8 Å². The van der Waals surface area contributed by atoms with Gasteiger partial charge in [0.1, 0.15) is 0 Å². The van der Waals surface area contributed by atoms with Gasteiger partial charge < -0.3 is 0 Å². The van der Waals surface area contributed by atoms with Crippen LogP contribution in [0.25, 0.3) is 10.8 Å². The highest BCUT2D eigenvalue weighted by Gasteiger charge is 2.41. The molecule has 0 unspecified atom stereocenters. The number of fused-ring (bicyclic) bond motifs is 1. The van der Waals surface area contributed by atoms with Crippen molar-refractivity contribution in [3.05, 3.63) is 85.2 Å². The summed E-state index contributed by atoms with van der Waals surface area (Å²) in [6.07, 6.45) is 4.61. The predicted molar refractivity (Wildman–Crippen MR) is 98.1 cm³/mol. The fraction of sp³-hybridized carbons (Fsp3) is 0. The summed E-state index contributed by atoms with van der Waals surface area (Å²) in [6.45, 7) is 0.513. The van der Waals surface area contributed by atoms with Crippen LogP contribution in [0, 0.1) is 0 Å². The lowest BCUT2D eigenvalue weighted by Gasteiger charge is -2.44. The highest BCUT2D eigenvalue weighted by molar-refractivity contribution is 6.97. The van der Waals surface area contributed by atoms with Crippen LogP contribution in [0.1, 0.15) is 0 Å². The van der Waals surface area contributed by atoms with E-state index in [0.29, 0.717) is 0 Å². The molecule has 0 N–H and O–H groups in total. The van der Waals surface area contributed by atoms with Crippen LogP contribution in [0.4, 0.5) is 0 Å². The Morgan fingerprint density at radius 3 is 1.17 bits per heavy atom. The van der Waals surface area contributed by atoms with Crippen LogP contribution in [0.5, 0.6) is 0 Å². The number of rotatable bonds is 0. The average molecular weight is 304 g/mol. The Morgan fingerprint density at radius 1 is 0.458 bits per heavy atom. The number of aromatic nitrogens is 2. The molecule has 2 bridgehead atoms. The molecule has 2 nitrogen and oxygen atoms in total. The van der Waals surface area contributed by atoms with Crippen molar-refractivity contribution in [2.45, 2.75) is 0 Å². The van der Waals surface area contributed by atoms with E-state index in [2.05, 4.69) is 94.4 Å². The normalized spacial score (nSPS) is 15.2. The quantitative estimate of drug-likeness (QED) is 0.330. The Morgan fingerprint density at radius 2 is 0.792 bits per heavy atom. The van der Waals surface area contributed by atoms with Gasteiger partial charge in [-0.1, -0.05) is 60.7 Å². The molecule has 24 heavy (non-hydrogen) atoms. The average Bonchev–Trinajstić information content (AvgIpc) is 2.66. The Bertz CT molecular complexity index is 1000. The first-order chi connectivity index (χ1) is 11.9. The fourth-order valence-electron chi connectivity index (χ4n) is 4.50. The first-order valence-electron chi connectivity index (χ1n) is 8.45. The highest BCUT2D eigenvalue weighted by atomic mass is 15.3. The maximum atomic E-state index is 2.41. The number of benzene rings is 3. The van der Waals surface area contributed by atoms with Gasteiger partial charge in [-0.15, -0.1) is 0 Å². The molecule has 0 atom stereocenters. The summed E-state index contributed by atoms with van der Waals surface area (Å²) in [6, 6.07) is 26.4. The molecule has 0 saturated carbocycles. The van der Waals surface area contributed by atoms with Gasteiger partial charge >= 0.3 is 13.7 Å². The summed E-state index contributed by atoms with van der Waals surface area (Å²) in [7, 11) is 0. The fourth-order valence-corrected chi connectivity index (χ4v) is 4.50. The first-order valence-corrected chi connectivity index (χ1v) is 8.45. The van der Waals surface area contributed by atoms with Crippen molar-refractivity contribution in [3.63, 3.8) is 0 Å². The second kappa shape index (κ2) is 4.35.